The van der Waals surface area contributed by atoms with Crippen LogP contribution in [0.3, 0.4) is 0 Å². The summed E-state index contributed by atoms with van der Waals surface area (Å²) in [6, 6.07) is 7.44. The highest BCUT2D eigenvalue weighted by atomic mass is 32.2. The molecule has 0 saturated carbocycles. The maximum absolute atomic E-state index is 13.2. The lowest BCUT2D eigenvalue weighted by molar-refractivity contribution is 0.283. The van der Waals surface area contributed by atoms with Crippen LogP contribution < -0.4 is 5.32 Å². The summed E-state index contributed by atoms with van der Waals surface area (Å²) in [4.78, 5) is 4.49. The number of piperidine rings is 1. The van der Waals surface area contributed by atoms with Gasteiger partial charge in [-0.3, -0.25) is 4.98 Å². The third-order valence-corrected chi connectivity index (χ3v) is 7.03. The van der Waals surface area contributed by atoms with Gasteiger partial charge in [-0.2, -0.15) is 4.31 Å². The number of unbranched alkanes of at least 4 members (excludes halogenated alkanes) is 3. The minimum atomic E-state index is -3.50. The van der Waals surface area contributed by atoms with E-state index in [9.17, 15) is 8.42 Å². The van der Waals surface area contributed by atoms with Crippen molar-refractivity contribution in [1.82, 2.24) is 14.6 Å². The molecule has 0 radical (unpaired) electrons. The first-order valence-corrected chi connectivity index (χ1v) is 11.1. The molecule has 1 unspecified atom stereocenters. The van der Waals surface area contributed by atoms with Crippen molar-refractivity contribution in [2.45, 2.75) is 56.4 Å². The molecule has 0 bridgehead atoms. The van der Waals surface area contributed by atoms with E-state index in [-0.39, 0.29) is 6.04 Å². The first-order valence-electron chi connectivity index (χ1n) is 9.69. The lowest BCUT2D eigenvalue weighted by Crippen LogP contribution is -2.48. The second kappa shape index (κ2) is 8.93. The molecule has 3 rings (SSSR count). The Labute approximate surface area is 156 Å². The van der Waals surface area contributed by atoms with Gasteiger partial charge in [0.25, 0.3) is 0 Å². The summed E-state index contributed by atoms with van der Waals surface area (Å²) in [5.74, 6) is 0. The van der Waals surface area contributed by atoms with Crippen LogP contribution in [0.15, 0.2) is 41.6 Å². The second-order valence-corrected chi connectivity index (χ2v) is 8.98. The first-order chi connectivity index (χ1) is 12.6. The fourth-order valence-corrected chi connectivity index (χ4v) is 5.38. The van der Waals surface area contributed by atoms with E-state index >= 15 is 0 Å². The van der Waals surface area contributed by atoms with Gasteiger partial charge in [0.1, 0.15) is 0 Å². The Bertz CT molecular complexity index is 817. The molecule has 1 saturated heterocycles. The molecule has 6 heteroatoms. The standard InChI is InChI=1S/C20H29N3O2S/c1-2-3-4-5-12-22-18-9-7-14-23(16-18)26(24,25)20-10-6-8-17-15-21-13-11-19(17)20/h6,8,10-11,13,15,18,22H,2-5,7,9,12,14,16H2,1H3. The van der Waals surface area contributed by atoms with Crippen LogP contribution in [-0.2, 0) is 10.0 Å². The number of nitrogens with one attached hydrogen (secondary N) is 1. The molecule has 2 aromatic rings. The lowest BCUT2D eigenvalue weighted by atomic mass is 10.1. The van der Waals surface area contributed by atoms with E-state index in [4.69, 9.17) is 0 Å². The number of benzene rings is 1. The molecule has 1 fully saturated rings. The highest BCUT2D eigenvalue weighted by Gasteiger charge is 2.31. The van der Waals surface area contributed by atoms with Crippen LogP contribution >= 0.6 is 0 Å². The van der Waals surface area contributed by atoms with E-state index in [1.54, 1.807) is 34.9 Å². The van der Waals surface area contributed by atoms with Crippen molar-refractivity contribution in [3.63, 3.8) is 0 Å². The van der Waals surface area contributed by atoms with Gasteiger partial charge in [0.2, 0.25) is 10.0 Å². The van der Waals surface area contributed by atoms with Crippen LogP contribution in [0.5, 0.6) is 0 Å². The largest absolute Gasteiger partial charge is 0.313 e. The van der Waals surface area contributed by atoms with Gasteiger partial charge < -0.3 is 5.32 Å². The molecule has 1 aliphatic rings. The van der Waals surface area contributed by atoms with E-state index in [2.05, 4.69) is 17.2 Å². The summed E-state index contributed by atoms with van der Waals surface area (Å²) in [5, 5.41) is 5.16. The summed E-state index contributed by atoms with van der Waals surface area (Å²) >= 11 is 0. The predicted molar refractivity (Wildman–Crippen MR) is 106 cm³/mol. The topological polar surface area (TPSA) is 62.3 Å². The second-order valence-electron chi connectivity index (χ2n) is 7.07. The molecule has 1 aromatic carbocycles. The van der Waals surface area contributed by atoms with Crippen LogP contribution in [-0.4, -0.2) is 43.4 Å². The summed E-state index contributed by atoms with van der Waals surface area (Å²) in [6.45, 7) is 4.33. The Morgan fingerprint density at radius 1 is 1.23 bits per heavy atom. The van der Waals surface area contributed by atoms with E-state index in [1.807, 2.05) is 6.07 Å². The number of nitrogens with zero attached hydrogens (tertiary/aromatic N) is 2. The average Bonchev–Trinajstić information content (AvgIpc) is 2.67. The summed E-state index contributed by atoms with van der Waals surface area (Å²) in [6.07, 6.45) is 10.2. The zero-order valence-electron chi connectivity index (χ0n) is 15.5. The van der Waals surface area contributed by atoms with Gasteiger partial charge in [0.15, 0.2) is 0 Å². The van der Waals surface area contributed by atoms with Gasteiger partial charge in [-0.25, -0.2) is 8.42 Å². The molecule has 1 N–H and O–H groups in total. The third kappa shape index (κ3) is 4.42. The van der Waals surface area contributed by atoms with Crippen LogP contribution in [0.2, 0.25) is 0 Å². The van der Waals surface area contributed by atoms with Crippen molar-refractivity contribution in [2.75, 3.05) is 19.6 Å². The Hall–Kier alpha value is -1.50. The highest BCUT2D eigenvalue weighted by Crippen LogP contribution is 2.27. The Morgan fingerprint density at radius 2 is 2.12 bits per heavy atom. The van der Waals surface area contributed by atoms with Crippen molar-refractivity contribution >= 4 is 20.8 Å². The molecule has 1 aliphatic heterocycles. The normalized spacial score (nSPS) is 19.0. The van der Waals surface area contributed by atoms with Gasteiger partial charge in [-0.1, -0.05) is 38.3 Å². The minimum Gasteiger partial charge on any atom is -0.313 e. The van der Waals surface area contributed by atoms with Crippen molar-refractivity contribution < 1.29 is 8.42 Å². The number of hydrogen-bond donors (Lipinski definition) is 1. The highest BCUT2D eigenvalue weighted by molar-refractivity contribution is 7.89. The molecule has 0 spiro atoms. The third-order valence-electron chi connectivity index (χ3n) is 5.11. The SMILES string of the molecule is CCCCCCNC1CCCN(S(=O)(=O)c2cccc3cnccc23)C1. The van der Waals surface area contributed by atoms with E-state index in [0.717, 1.165) is 36.6 Å². The number of rotatable bonds is 8. The fourth-order valence-electron chi connectivity index (χ4n) is 3.64. The van der Waals surface area contributed by atoms with E-state index in [0.29, 0.717) is 18.0 Å². The van der Waals surface area contributed by atoms with Gasteiger partial charge in [-0.05, 0) is 37.9 Å². The summed E-state index contributed by atoms with van der Waals surface area (Å²) in [7, 11) is -3.50. The molecule has 0 aliphatic carbocycles. The Kier molecular flexibility index (Phi) is 6.62. The average molecular weight is 376 g/mol. The van der Waals surface area contributed by atoms with Crippen LogP contribution in [0.1, 0.15) is 45.4 Å². The van der Waals surface area contributed by atoms with Crippen molar-refractivity contribution in [1.29, 1.82) is 0 Å². The number of sulfonamides is 1. The van der Waals surface area contributed by atoms with Gasteiger partial charge in [-0.15, -0.1) is 0 Å². The van der Waals surface area contributed by atoms with Gasteiger partial charge >= 0.3 is 0 Å². The zero-order valence-corrected chi connectivity index (χ0v) is 16.3. The molecule has 26 heavy (non-hydrogen) atoms. The smallest absolute Gasteiger partial charge is 0.243 e. The number of aromatic nitrogens is 1. The van der Waals surface area contributed by atoms with E-state index in [1.165, 1.54) is 19.3 Å². The lowest BCUT2D eigenvalue weighted by Gasteiger charge is -2.32. The quantitative estimate of drug-likeness (QED) is 0.717. The van der Waals surface area contributed by atoms with Crippen molar-refractivity contribution in [2.24, 2.45) is 0 Å². The molecular formula is C20H29N3O2S. The first kappa shape index (κ1) is 19.3. The fraction of sp³-hybridized carbons (Fsp3) is 0.550. The Balaban J connectivity index is 1.70. The van der Waals surface area contributed by atoms with Gasteiger partial charge in [0.05, 0.1) is 4.90 Å². The molecule has 0 amide bonds. The van der Waals surface area contributed by atoms with Crippen LogP contribution in [0.25, 0.3) is 10.8 Å². The molecular weight excluding hydrogens is 346 g/mol. The number of fused-ring (bicyclic) bond motifs is 1. The van der Waals surface area contributed by atoms with Crippen molar-refractivity contribution in [3.8, 4) is 0 Å². The number of hydrogen-bond acceptors (Lipinski definition) is 4. The van der Waals surface area contributed by atoms with E-state index < -0.39 is 10.0 Å². The molecule has 5 nitrogen and oxygen atoms in total. The molecule has 142 valence electrons. The summed E-state index contributed by atoms with van der Waals surface area (Å²) < 4.78 is 28.1. The maximum atomic E-state index is 13.2. The molecule has 2 heterocycles. The number of pyridine rings is 1. The maximum Gasteiger partial charge on any atom is 0.243 e. The summed E-state index contributed by atoms with van der Waals surface area (Å²) in [5.41, 5.74) is 0. The minimum absolute atomic E-state index is 0.247. The van der Waals surface area contributed by atoms with Crippen LogP contribution in [0.4, 0.5) is 0 Å². The zero-order chi connectivity index (χ0) is 18.4. The van der Waals surface area contributed by atoms with Crippen molar-refractivity contribution in [3.05, 3.63) is 36.7 Å². The molecule has 1 atom stereocenters. The monoisotopic (exact) mass is 375 g/mol. The van der Waals surface area contributed by atoms with Gasteiger partial charge in [0, 0.05) is 42.3 Å². The Morgan fingerprint density at radius 3 is 2.96 bits per heavy atom. The molecule has 1 aromatic heterocycles. The predicted octanol–water partition coefficient (Wildman–Crippen LogP) is 3.56. The van der Waals surface area contributed by atoms with Crippen LogP contribution in [0, 0.1) is 0 Å².